The number of ether oxygens (including phenoxy) is 1. The molecular formula is C20H21N3O4S3. The van der Waals surface area contributed by atoms with Crippen molar-refractivity contribution >= 4 is 43.7 Å². The first-order valence-corrected chi connectivity index (χ1v) is 12.6. The highest BCUT2D eigenvalue weighted by atomic mass is 32.2. The second kappa shape index (κ2) is 8.94. The third kappa shape index (κ3) is 4.96. The van der Waals surface area contributed by atoms with Crippen LogP contribution >= 0.6 is 22.7 Å². The van der Waals surface area contributed by atoms with Gasteiger partial charge in [-0.2, -0.15) is 0 Å². The summed E-state index contributed by atoms with van der Waals surface area (Å²) < 4.78 is 33.2. The molecule has 0 spiro atoms. The second-order valence-electron chi connectivity index (χ2n) is 6.92. The average molecular weight is 464 g/mol. The first kappa shape index (κ1) is 21.1. The summed E-state index contributed by atoms with van der Waals surface area (Å²) in [6.45, 7) is 2.91. The molecule has 30 heavy (non-hydrogen) atoms. The van der Waals surface area contributed by atoms with E-state index in [1.807, 2.05) is 24.4 Å². The maximum atomic E-state index is 12.6. The van der Waals surface area contributed by atoms with Gasteiger partial charge in [0.15, 0.2) is 5.13 Å². The summed E-state index contributed by atoms with van der Waals surface area (Å²) in [4.78, 5) is 19.4. The molecule has 4 rings (SSSR count). The second-order valence-corrected chi connectivity index (χ2v) is 10.8. The first-order valence-electron chi connectivity index (χ1n) is 9.46. The molecular weight excluding hydrogens is 442 g/mol. The average Bonchev–Trinajstić information content (AvgIpc) is 3.48. The first-order chi connectivity index (χ1) is 14.4. The molecule has 0 unspecified atom stereocenters. The molecule has 1 aliphatic heterocycles. The fourth-order valence-electron chi connectivity index (χ4n) is 3.08. The summed E-state index contributed by atoms with van der Waals surface area (Å²) in [5.74, 6) is -0.408. The molecule has 3 heterocycles. The van der Waals surface area contributed by atoms with Crippen molar-refractivity contribution in [2.75, 3.05) is 18.5 Å². The zero-order valence-corrected chi connectivity index (χ0v) is 18.7. The van der Waals surface area contributed by atoms with Crippen LogP contribution in [0.3, 0.4) is 0 Å². The van der Waals surface area contributed by atoms with Gasteiger partial charge in [-0.1, -0.05) is 6.07 Å². The molecule has 1 aromatic carbocycles. The lowest BCUT2D eigenvalue weighted by atomic mass is 10.2. The number of aryl methyl sites for hydroxylation is 1. The van der Waals surface area contributed by atoms with Crippen molar-refractivity contribution in [2.45, 2.75) is 30.8 Å². The van der Waals surface area contributed by atoms with Gasteiger partial charge < -0.3 is 4.74 Å². The largest absolute Gasteiger partial charge is 0.377 e. The van der Waals surface area contributed by atoms with Crippen LogP contribution in [0.4, 0.5) is 5.13 Å². The molecule has 2 aromatic heterocycles. The molecule has 2 N–H and O–H groups in total. The third-order valence-corrected chi connectivity index (χ3v) is 7.85. The van der Waals surface area contributed by atoms with Gasteiger partial charge in [-0.3, -0.25) is 10.1 Å². The van der Waals surface area contributed by atoms with Crippen LogP contribution in [0, 0.1) is 6.92 Å². The van der Waals surface area contributed by atoms with E-state index in [0.29, 0.717) is 11.7 Å². The molecule has 10 heteroatoms. The number of nitrogens with zero attached hydrogens (tertiary/aromatic N) is 1. The highest BCUT2D eigenvalue weighted by Gasteiger charge is 2.21. The van der Waals surface area contributed by atoms with Crippen LogP contribution in [0.2, 0.25) is 0 Å². The van der Waals surface area contributed by atoms with Gasteiger partial charge in [-0.25, -0.2) is 18.1 Å². The van der Waals surface area contributed by atoms with Crippen molar-refractivity contribution in [1.82, 2.24) is 9.71 Å². The summed E-state index contributed by atoms with van der Waals surface area (Å²) in [5.41, 5.74) is 1.06. The Bertz CT molecular complexity index is 1150. The van der Waals surface area contributed by atoms with E-state index in [2.05, 4.69) is 15.0 Å². The molecule has 0 saturated carbocycles. The van der Waals surface area contributed by atoms with Crippen molar-refractivity contribution in [1.29, 1.82) is 0 Å². The standard InChI is InChI=1S/C20H21N3O4S3/c1-13-7-8-18(29-13)17-12-28-20(22-17)23-19(24)14-4-2-6-16(10-14)30(25,26)21-11-15-5-3-9-27-15/h2,4,6-8,10,12,15,21H,3,5,9,11H2,1H3,(H,22,23,24)/t15-/m1/s1. The fourth-order valence-corrected chi connectivity index (χ4v) is 5.80. The highest BCUT2D eigenvalue weighted by molar-refractivity contribution is 7.89. The molecule has 0 aliphatic carbocycles. The van der Waals surface area contributed by atoms with Gasteiger partial charge in [0.05, 0.1) is 21.6 Å². The van der Waals surface area contributed by atoms with E-state index in [9.17, 15) is 13.2 Å². The number of carbonyl (C=O) groups is 1. The molecule has 1 atom stereocenters. The van der Waals surface area contributed by atoms with E-state index in [1.165, 1.54) is 28.3 Å². The Balaban J connectivity index is 1.44. The predicted molar refractivity (Wildman–Crippen MR) is 119 cm³/mol. The van der Waals surface area contributed by atoms with Gasteiger partial charge in [0.25, 0.3) is 5.91 Å². The normalized spacial score (nSPS) is 16.6. The van der Waals surface area contributed by atoms with Crippen LogP contribution in [-0.2, 0) is 14.8 Å². The number of rotatable bonds is 7. The monoisotopic (exact) mass is 463 g/mol. The van der Waals surface area contributed by atoms with E-state index in [1.54, 1.807) is 23.5 Å². The summed E-state index contributed by atoms with van der Waals surface area (Å²) in [6.07, 6.45) is 1.68. The molecule has 7 nitrogen and oxygen atoms in total. The van der Waals surface area contributed by atoms with E-state index in [0.717, 1.165) is 23.4 Å². The number of benzene rings is 1. The zero-order valence-electron chi connectivity index (χ0n) is 16.3. The lowest BCUT2D eigenvalue weighted by Gasteiger charge is -2.12. The summed E-state index contributed by atoms with van der Waals surface area (Å²) in [7, 11) is -3.73. The number of hydrogen-bond acceptors (Lipinski definition) is 7. The molecule has 0 bridgehead atoms. The van der Waals surface area contributed by atoms with E-state index in [-0.39, 0.29) is 23.1 Å². The minimum Gasteiger partial charge on any atom is -0.377 e. The number of nitrogens with one attached hydrogen (secondary N) is 2. The number of amides is 1. The molecule has 1 aliphatic rings. The minimum absolute atomic E-state index is 0.0436. The number of carbonyl (C=O) groups excluding carboxylic acids is 1. The van der Waals surface area contributed by atoms with E-state index in [4.69, 9.17) is 4.74 Å². The SMILES string of the molecule is Cc1ccc(-c2csc(NC(=O)c3cccc(S(=O)(=O)NC[C@H]4CCCO4)c3)n2)s1. The summed E-state index contributed by atoms with van der Waals surface area (Å²) >= 11 is 2.96. The Morgan fingerprint density at radius 2 is 2.17 bits per heavy atom. The predicted octanol–water partition coefficient (Wildman–Crippen LogP) is 3.89. The van der Waals surface area contributed by atoms with Gasteiger partial charge in [0.1, 0.15) is 0 Å². The highest BCUT2D eigenvalue weighted by Crippen LogP contribution is 2.30. The third-order valence-electron chi connectivity index (χ3n) is 4.65. The van der Waals surface area contributed by atoms with Crippen molar-refractivity contribution in [3.05, 3.63) is 52.2 Å². The molecule has 158 valence electrons. The molecule has 1 fully saturated rings. The van der Waals surface area contributed by atoms with Gasteiger partial charge in [-0.05, 0) is 50.1 Å². The van der Waals surface area contributed by atoms with Crippen LogP contribution < -0.4 is 10.0 Å². The quantitative estimate of drug-likeness (QED) is 0.554. The lowest BCUT2D eigenvalue weighted by Crippen LogP contribution is -2.32. The van der Waals surface area contributed by atoms with Crippen molar-refractivity contribution in [3.8, 4) is 10.6 Å². The van der Waals surface area contributed by atoms with Crippen LogP contribution in [0.15, 0.2) is 46.7 Å². The van der Waals surface area contributed by atoms with Gasteiger partial charge in [-0.15, -0.1) is 22.7 Å². The number of sulfonamides is 1. The maximum absolute atomic E-state index is 12.6. The fraction of sp³-hybridized carbons (Fsp3) is 0.300. The van der Waals surface area contributed by atoms with Gasteiger partial charge >= 0.3 is 0 Å². The Morgan fingerprint density at radius 3 is 2.90 bits per heavy atom. The van der Waals surface area contributed by atoms with E-state index >= 15 is 0 Å². The summed E-state index contributed by atoms with van der Waals surface area (Å²) in [5, 5.41) is 5.10. The zero-order chi connectivity index (χ0) is 21.1. The topological polar surface area (TPSA) is 97.4 Å². The maximum Gasteiger partial charge on any atom is 0.257 e. The number of hydrogen-bond donors (Lipinski definition) is 2. The minimum atomic E-state index is -3.73. The summed E-state index contributed by atoms with van der Waals surface area (Å²) in [6, 6.07) is 9.98. The number of aromatic nitrogens is 1. The van der Waals surface area contributed by atoms with Crippen LogP contribution in [0.25, 0.3) is 10.6 Å². The molecule has 3 aromatic rings. The van der Waals surface area contributed by atoms with Crippen molar-refractivity contribution in [3.63, 3.8) is 0 Å². The van der Waals surface area contributed by atoms with Gasteiger partial charge in [0, 0.05) is 29.0 Å². The van der Waals surface area contributed by atoms with Crippen molar-refractivity contribution in [2.24, 2.45) is 0 Å². The Hall–Kier alpha value is -2.11. The Morgan fingerprint density at radius 1 is 1.30 bits per heavy atom. The van der Waals surface area contributed by atoms with Crippen LogP contribution in [-0.4, -0.2) is 38.6 Å². The van der Waals surface area contributed by atoms with E-state index < -0.39 is 15.9 Å². The number of anilines is 1. The number of thiazole rings is 1. The van der Waals surface area contributed by atoms with Gasteiger partial charge in [0.2, 0.25) is 10.0 Å². The molecule has 1 amide bonds. The number of thiophene rings is 1. The Labute approximate surface area is 183 Å². The van der Waals surface area contributed by atoms with Crippen LogP contribution in [0.5, 0.6) is 0 Å². The Kier molecular flexibility index (Phi) is 6.30. The smallest absolute Gasteiger partial charge is 0.257 e. The molecule has 1 saturated heterocycles. The van der Waals surface area contributed by atoms with Crippen LogP contribution in [0.1, 0.15) is 28.1 Å². The lowest BCUT2D eigenvalue weighted by molar-refractivity contribution is 0.102. The van der Waals surface area contributed by atoms with Crippen molar-refractivity contribution < 1.29 is 17.9 Å². The molecule has 0 radical (unpaired) electrons.